The predicted molar refractivity (Wildman–Crippen MR) is 105 cm³/mol. The number of fused-ring (bicyclic) bond motifs is 2. The summed E-state index contributed by atoms with van der Waals surface area (Å²) >= 11 is 0. The smallest absolute Gasteiger partial charge is 0.243 e. The first-order chi connectivity index (χ1) is 12.7. The van der Waals surface area contributed by atoms with Crippen molar-refractivity contribution in [3.8, 4) is 0 Å². The van der Waals surface area contributed by atoms with Gasteiger partial charge in [-0.1, -0.05) is 38.1 Å². The molecule has 2 aliphatic rings. The summed E-state index contributed by atoms with van der Waals surface area (Å²) in [5.41, 5.74) is 3.59. The van der Waals surface area contributed by atoms with Crippen LogP contribution < -0.4 is 4.90 Å². The van der Waals surface area contributed by atoms with Gasteiger partial charge in [0.25, 0.3) is 0 Å². The molecular formula is C21H24N2O3S. The average Bonchev–Trinajstić information content (AvgIpc) is 2.65. The molecule has 27 heavy (non-hydrogen) atoms. The van der Waals surface area contributed by atoms with E-state index in [-0.39, 0.29) is 11.3 Å². The number of amides is 1. The van der Waals surface area contributed by atoms with Crippen LogP contribution in [0.2, 0.25) is 0 Å². The average molecular weight is 385 g/mol. The molecule has 1 amide bonds. The van der Waals surface area contributed by atoms with Crippen LogP contribution in [0.1, 0.15) is 37.0 Å². The van der Waals surface area contributed by atoms with Crippen molar-refractivity contribution in [1.29, 1.82) is 0 Å². The van der Waals surface area contributed by atoms with Gasteiger partial charge < -0.3 is 4.90 Å². The van der Waals surface area contributed by atoms with E-state index in [1.165, 1.54) is 5.56 Å². The fraction of sp³-hybridized carbons (Fsp3) is 0.381. The molecule has 2 aromatic rings. The van der Waals surface area contributed by atoms with Gasteiger partial charge in [0, 0.05) is 37.7 Å². The molecule has 2 aromatic carbocycles. The molecule has 0 aliphatic carbocycles. The molecule has 0 bridgehead atoms. The number of anilines is 1. The molecule has 0 saturated heterocycles. The first-order valence-corrected chi connectivity index (χ1v) is 10.6. The highest BCUT2D eigenvalue weighted by Crippen LogP contribution is 2.41. The Bertz CT molecular complexity index is 1030. The molecule has 0 atom stereocenters. The minimum absolute atomic E-state index is 0.0516. The highest BCUT2D eigenvalue weighted by atomic mass is 32.2. The summed E-state index contributed by atoms with van der Waals surface area (Å²) in [4.78, 5) is 14.1. The summed E-state index contributed by atoms with van der Waals surface area (Å²) in [6.45, 7) is 4.87. The van der Waals surface area contributed by atoms with E-state index in [0.717, 1.165) is 23.2 Å². The number of hydrogen-bond acceptors (Lipinski definition) is 3. The Hall–Kier alpha value is -2.18. The van der Waals surface area contributed by atoms with Crippen molar-refractivity contribution < 1.29 is 13.2 Å². The first kappa shape index (κ1) is 18.2. The lowest BCUT2D eigenvalue weighted by Gasteiger charge is -2.37. The highest BCUT2D eigenvalue weighted by Gasteiger charge is 2.37. The molecule has 0 saturated carbocycles. The number of rotatable bonds is 2. The summed E-state index contributed by atoms with van der Waals surface area (Å²) in [6, 6.07) is 13.1. The summed E-state index contributed by atoms with van der Waals surface area (Å²) in [5.74, 6) is 0.0516. The molecule has 2 aliphatic heterocycles. The van der Waals surface area contributed by atoms with Crippen LogP contribution in [0.25, 0.3) is 0 Å². The number of carbonyl (C=O) groups excluding carboxylic acids is 1. The summed E-state index contributed by atoms with van der Waals surface area (Å²) in [7, 11) is -1.85. The standard InChI is InChI=1S/C21H24N2O3S/c1-21(2)13-20(24)22(3)19-9-8-17(12-18(19)21)27(25,26)23-11-10-15-6-4-5-7-16(15)14-23/h4-9,12H,10-11,13-14H2,1-3H3. The molecule has 0 radical (unpaired) electrons. The third-order valence-electron chi connectivity index (χ3n) is 5.76. The third kappa shape index (κ3) is 2.97. The number of hydrogen-bond donors (Lipinski definition) is 0. The maximum Gasteiger partial charge on any atom is 0.243 e. The molecule has 0 spiro atoms. The monoisotopic (exact) mass is 384 g/mol. The Kier molecular flexibility index (Phi) is 4.16. The van der Waals surface area contributed by atoms with Crippen molar-refractivity contribution in [3.63, 3.8) is 0 Å². The van der Waals surface area contributed by atoms with E-state index in [1.807, 2.05) is 32.0 Å². The second-order valence-electron chi connectivity index (χ2n) is 8.05. The molecule has 5 nitrogen and oxygen atoms in total. The Morgan fingerprint density at radius 2 is 1.74 bits per heavy atom. The predicted octanol–water partition coefficient (Wildman–Crippen LogP) is 3.08. The van der Waals surface area contributed by atoms with E-state index in [2.05, 4.69) is 6.07 Å². The van der Waals surface area contributed by atoms with E-state index in [1.54, 1.807) is 34.5 Å². The van der Waals surface area contributed by atoms with Crippen molar-refractivity contribution in [2.24, 2.45) is 0 Å². The maximum atomic E-state index is 13.3. The third-order valence-corrected chi connectivity index (χ3v) is 7.60. The van der Waals surface area contributed by atoms with Crippen molar-refractivity contribution in [1.82, 2.24) is 4.31 Å². The van der Waals surface area contributed by atoms with Crippen molar-refractivity contribution in [2.45, 2.75) is 43.5 Å². The topological polar surface area (TPSA) is 57.7 Å². The van der Waals surface area contributed by atoms with Crippen LogP contribution >= 0.6 is 0 Å². The molecule has 6 heteroatoms. The van der Waals surface area contributed by atoms with E-state index < -0.39 is 10.0 Å². The second kappa shape index (κ2) is 6.17. The van der Waals surface area contributed by atoms with Gasteiger partial charge in [0.05, 0.1) is 4.90 Å². The number of sulfonamides is 1. The fourth-order valence-corrected chi connectivity index (χ4v) is 5.51. The van der Waals surface area contributed by atoms with Crippen LogP contribution in [-0.4, -0.2) is 32.2 Å². The SMILES string of the molecule is CN1C(=O)CC(C)(C)c2cc(S(=O)(=O)N3CCc4ccccc4C3)ccc21. The minimum Gasteiger partial charge on any atom is -0.315 e. The largest absolute Gasteiger partial charge is 0.315 e. The van der Waals surface area contributed by atoms with Gasteiger partial charge in [-0.3, -0.25) is 4.79 Å². The highest BCUT2D eigenvalue weighted by molar-refractivity contribution is 7.89. The molecular weight excluding hydrogens is 360 g/mol. The Morgan fingerprint density at radius 1 is 1.04 bits per heavy atom. The molecule has 0 fully saturated rings. The Balaban J connectivity index is 1.73. The van der Waals surface area contributed by atoms with E-state index >= 15 is 0 Å². The number of benzene rings is 2. The molecule has 4 rings (SSSR count). The van der Waals surface area contributed by atoms with Gasteiger partial charge in [-0.25, -0.2) is 8.42 Å². The van der Waals surface area contributed by atoms with E-state index in [4.69, 9.17) is 0 Å². The molecule has 0 aromatic heterocycles. The van der Waals surface area contributed by atoms with Crippen LogP contribution in [0.3, 0.4) is 0 Å². The van der Waals surface area contributed by atoms with Crippen molar-refractivity contribution in [2.75, 3.05) is 18.5 Å². The van der Waals surface area contributed by atoms with Crippen LogP contribution in [0.15, 0.2) is 47.4 Å². The summed E-state index contributed by atoms with van der Waals surface area (Å²) in [5, 5.41) is 0. The van der Waals surface area contributed by atoms with E-state index in [0.29, 0.717) is 24.4 Å². The van der Waals surface area contributed by atoms with Crippen molar-refractivity contribution >= 4 is 21.6 Å². The normalized spacial score (nSPS) is 19.5. The summed E-state index contributed by atoms with van der Waals surface area (Å²) < 4.78 is 28.1. The Morgan fingerprint density at radius 3 is 2.48 bits per heavy atom. The zero-order chi connectivity index (χ0) is 19.4. The maximum absolute atomic E-state index is 13.3. The number of nitrogens with zero attached hydrogens (tertiary/aromatic N) is 2. The molecule has 142 valence electrons. The minimum atomic E-state index is -3.59. The van der Waals surface area contributed by atoms with Crippen LogP contribution in [0.5, 0.6) is 0 Å². The molecule has 0 N–H and O–H groups in total. The van der Waals surface area contributed by atoms with Gasteiger partial charge in [0.1, 0.15) is 0 Å². The van der Waals surface area contributed by atoms with Crippen molar-refractivity contribution in [3.05, 3.63) is 59.2 Å². The van der Waals surface area contributed by atoms with Crippen LogP contribution in [0, 0.1) is 0 Å². The lowest BCUT2D eigenvalue weighted by molar-refractivity contribution is -0.119. The van der Waals surface area contributed by atoms with Gasteiger partial charge in [-0.2, -0.15) is 4.31 Å². The quantitative estimate of drug-likeness (QED) is 0.800. The summed E-state index contributed by atoms with van der Waals surface area (Å²) in [6.07, 6.45) is 1.10. The Labute approximate surface area is 160 Å². The first-order valence-electron chi connectivity index (χ1n) is 9.18. The van der Waals surface area contributed by atoms with Gasteiger partial charge in [-0.15, -0.1) is 0 Å². The number of carbonyl (C=O) groups is 1. The van der Waals surface area contributed by atoms with Gasteiger partial charge in [-0.05, 0) is 41.3 Å². The van der Waals surface area contributed by atoms with Gasteiger partial charge in [0.15, 0.2) is 0 Å². The zero-order valence-corrected chi connectivity index (χ0v) is 16.7. The van der Waals surface area contributed by atoms with Crippen LogP contribution in [-0.2, 0) is 33.2 Å². The lowest BCUT2D eigenvalue weighted by atomic mass is 9.77. The lowest BCUT2D eigenvalue weighted by Crippen LogP contribution is -2.40. The zero-order valence-electron chi connectivity index (χ0n) is 15.9. The van der Waals surface area contributed by atoms with Gasteiger partial charge in [0.2, 0.25) is 15.9 Å². The molecule has 0 unspecified atom stereocenters. The van der Waals surface area contributed by atoms with Crippen LogP contribution in [0.4, 0.5) is 5.69 Å². The van der Waals surface area contributed by atoms with Gasteiger partial charge >= 0.3 is 0 Å². The van der Waals surface area contributed by atoms with E-state index in [9.17, 15) is 13.2 Å². The second-order valence-corrected chi connectivity index (χ2v) is 9.99. The molecule has 2 heterocycles. The fourth-order valence-electron chi connectivity index (χ4n) is 4.06.